The van der Waals surface area contributed by atoms with E-state index < -0.39 is 0 Å². The number of nitrogens with zero attached hydrogens (tertiary/aromatic N) is 1. The van der Waals surface area contributed by atoms with Gasteiger partial charge in [0.25, 0.3) is 0 Å². The summed E-state index contributed by atoms with van der Waals surface area (Å²) in [5.41, 5.74) is 5.67. The summed E-state index contributed by atoms with van der Waals surface area (Å²) in [6.45, 7) is 14.8. The predicted octanol–water partition coefficient (Wildman–Crippen LogP) is 0.384. The van der Waals surface area contributed by atoms with Gasteiger partial charge < -0.3 is 26.6 Å². The standard InChI is InChI=1S/C18H42N4O2/c1-5-16(23)14-22(13-12-21-11-10-20-9-8-19)15-17(24)6-7-18(2,3)4/h16-17,20-21,23-24H,5-15,19H2,1-4H3. The van der Waals surface area contributed by atoms with Crippen LogP contribution in [0, 0.1) is 5.41 Å². The van der Waals surface area contributed by atoms with Crippen molar-refractivity contribution in [3.05, 3.63) is 0 Å². The van der Waals surface area contributed by atoms with E-state index >= 15 is 0 Å². The van der Waals surface area contributed by atoms with Crippen LogP contribution < -0.4 is 16.4 Å². The summed E-state index contributed by atoms with van der Waals surface area (Å²) in [4.78, 5) is 2.17. The van der Waals surface area contributed by atoms with Crippen molar-refractivity contribution in [1.29, 1.82) is 0 Å². The van der Waals surface area contributed by atoms with Crippen LogP contribution in [-0.4, -0.2) is 79.7 Å². The minimum Gasteiger partial charge on any atom is -0.392 e. The van der Waals surface area contributed by atoms with Crippen LogP contribution in [-0.2, 0) is 0 Å². The number of nitrogens with two attached hydrogens (primary N) is 1. The molecule has 0 fully saturated rings. The number of aliphatic hydroxyl groups is 2. The third kappa shape index (κ3) is 15.3. The fraction of sp³-hybridized carbons (Fsp3) is 1.00. The Morgan fingerprint density at radius 2 is 1.54 bits per heavy atom. The Bertz CT molecular complexity index is 285. The highest BCUT2D eigenvalue weighted by atomic mass is 16.3. The zero-order valence-corrected chi connectivity index (χ0v) is 16.4. The molecule has 24 heavy (non-hydrogen) atoms. The molecule has 0 aromatic rings. The van der Waals surface area contributed by atoms with Crippen LogP contribution in [0.25, 0.3) is 0 Å². The maximum Gasteiger partial charge on any atom is 0.0667 e. The molecular formula is C18H42N4O2. The number of rotatable bonds is 15. The largest absolute Gasteiger partial charge is 0.392 e. The summed E-state index contributed by atoms with van der Waals surface area (Å²) in [7, 11) is 0. The van der Waals surface area contributed by atoms with E-state index in [1.807, 2.05) is 6.92 Å². The quantitative estimate of drug-likeness (QED) is 0.275. The maximum atomic E-state index is 10.3. The lowest BCUT2D eigenvalue weighted by Gasteiger charge is -2.28. The summed E-state index contributed by atoms with van der Waals surface area (Å²) in [5, 5.41) is 26.9. The summed E-state index contributed by atoms with van der Waals surface area (Å²) >= 11 is 0. The average molecular weight is 347 g/mol. The summed E-state index contributed by atoms with van der Waals surface area (Å²) < 4.78 is 0. The lowest BCUT2D eigenvalue weighted by atomic mass is 9.89. The fourth-order valence-corrected chi connectivity index (χ4v) is 2.44. The normalized spacial score (nSPS) is 15.0. The van der Waals surface area contributed by atoms with Crippen LogP contribution in [0.2, 0.25) is 0 Å². The summed E-state index contributed by atoms with van der Waals surface area (Å²) in [5.74, 6) is 0. The van der Waals surface area contributed by atoms with Crippen LogP contribution >= 0.6 is 0 Å². The molecule has 0 aliphatic carbocycles. The predicted molar refractivity (Wildman–Crippen MR) is 102 cm³/mol. The van der Waals surface area contributed by atoms with E-state index in [4.69, 9.17) is 5.73 Å². The molecule has 6 heteroatoms. The zero-order chi connectivity index (χ0) is 18.4. The second-order valence-electron chi connectivity index (χ2n) is 7.86. The van der Waals surface area contributed by atoms with E-state index in [0.29, 0.717) is 19.6 Å². The monoisotopic (exact) mass is 346 g/mol. The minimum atomic E-state index is -0.334. The molecule has 0 saturated heterocycles. The van der Waals surface area contributed by atoms with Gasteiger partial charge in [-0.15, -0.1) is 0 Å². The lowest BCUT2D eigenvalue weighted by molar-refractivity contribution is 0.0600. The molecule has 0 aromatic carbocycles. The van der Waals surface area contributed by atoms with Crippen LogP contribution in [0.5, 0.6) is 0 Å². The van der Waals surface area contributed by atoms with Crippen molar-refractivity contribution in [2.75, 3.05) is 52.4 Å². The van der Waals surface area contributed by atoms with Gasteiger partial charge in [0, 0.05) is 52.4 Å². The van der Waals surface area contributed by atoms with Crippen LogP contribution in [0.4, 0.5) is 0 Å². The molecule has 0 radical (unpaired) electrons. The number of hydrogen-bond acceptors (Lipinski definition) is 6. The molecular weight excluding hydrogens is 304 g/mol. The van der Waals surface area contributed by atoms with Crippen molar-refractivity contribution in [3.63, 3.8) is 0 Å². The van der Waals surface area contributed by atoms with E-state index in [9.17, 15) is 10.2 Å². The first-order valence-electron chi connectivity index (χ1n) is 9.48. The first-order valence-corrected chi connectivity index (χ1v) is 9.48. The molecule has 0 heterocycles. The van der Waals surface area contributed by atoms with Crippen LogP contribution in [0.3, 0.4) is 0 Å². The Morgan fingerprint density at radius 3 is 2.08 bits per heavy atom. The highest BCUT2D eigenvalue weighted by molar-refractivity contribution is 4.72. The Labute approximate surface area is 149 Å². The molecule has 6 N–H and O–H groups in total. The van der Waals surface area contributed by atoms with Crippen molar-refractivity contribution in [3.8, 4) is 0 Å². The smallest absolute Gasteiger partial charge is 0.0667 e. The molecule has 2 atom stereocenters. The third-order valence-corrected chi connectivity index (χ3v) is 4.04. The molecule has 0 saturated carbocycles. The first-order chi connectivity index (χ1) is 11.3. The topological polar surface area (TPSA) is 93.8 Å². The van der Waals surface area contributed by atoms with Gasteiger partial charge in [0.2, 0.25) is 0 Å². The lowest BCUT2D eigenvalue weighted by Crippen LogP contribution is -2.42. The number of aliphatic hydroxyl groups excluding tert-OH is 2. The molecule has 0 aromatic heterocycles. The summed E-state index contributed by atoms with van der Waals surface area (Å²) in [6, 6.07) is 0. The van der Waals surface area contributed by atoms with E-state index in [2.05, 4.69) is 36.3 Å². The van der Waals surface area contributed by atoms with E-state index in [1.54, 1.807) is 0 Å². The molecule has 0 amide bonds. The van der Waals surface area contributed by atoms with E-state index in [-0.39, 0.29) is 17.6 Å². The average Bonchev–Trinajstić information content (AvgIpc) is 2.51. The minimum absolute atomic E-state index is 0.243. The van der Waals surface area contributed by atoms with Crippen molar-refractivity contribution in [1.82, 2.24) is 15.5 Å². The summed E-state index contributed by atoms with van der Waals surface area (Å²) in [6.07, 6.45) is 1.89. The van der Waals surface area contributed by atoms with Gasteiger partial charge in [-0.25, -0.2) is 0 Å². The van der Waals surface area contributed by atoms with Gasteiger partial charge in [-0.05, 0) is 24.7 Å². The van der Waals surface area contributed by atoms with Gasteiger partial charge >= 0.3 is 0 Å². The highest BCUT2D eigenvalue weighted by Gasteiger charge is 2.17. The van der Waals surface area contributed by atoms with Crippen molar-refractivity contribution < 1.29 is 10.2 Å². The Balaban J connectivity index is 4.08. The molecule has 0 aliphatic heterocycles. The van der Waals surface area contributed by atoms with E-state index in [0.717, 1.165) is 52.0 Å². The molecule has 0 aliphatic rings. The van der Waals surface area contributed by atoms with Crippen molar-refractivity contribution in [2.24, 2.45) is 11.1 Å². The van der Waals surface area contributed by atoms with E-state index in [1.165, 1.54) is 0 Å². The molecule has 0 rings (SSSR count). The Morgan fingerprint density at radius 1 is 0.958 bits per heavy atom. The first kappa shape index (κ1) is 23.8. The van der Waals surface area contributed by atoms with Crippen molar-refractivity contribution in [2.45, 2.75) is 59.2 Å². The second kappa shape index (κ2) is 14.0. The third-order valence-electron chi connectivity index (χ3n) is 4.04. The van der Waals surface area contributed by atoms with Gasteiger partial charge in [0.15, 0.2) is 0 Å². The van der Waals surface area contributed by atoms with Crippen LogP contribution in [0.1, 0.15) is 47.0 Å². The van der Waals surface area contributed by atoms with Gasteiger partial charge in [0.1, 0.15) is 0 Å². The van der Waals surface area contributed by atoms with Gasteiger partial charge in [-0.3, -0.25) is 4.90 Å². The SMILES string of the molecule is CCC(O)CN(CCNCCNCCN)CC(O)CCC(C)(C)C. The molecule has 2 unspecified atom stereocenters. The van der Waals surface area contributed by atoms with Gasteiger partial charge in [-0.2, -0.15) is 0 Å². The van der Waals surface area contributed by atoms with Gasteiger partial charge in [0.05, 0.1) is 12.2 Å². The molecule has 0 bridgehead atoms. The molecule has 6 nitrogen and oxygen atoms in total. The molecule has 0 spiro atoms. The fourth-order valence-electron chi connectivity index (χ4n) is 2.44. The number of nitrogens with one attached hydrogen (secondary N) is 2. The second-order valence-corrected chi connectivity index (χ2v) is 7.86. The zero-order valence-electron chi connectivity index (χ0n) is 16.4. The Hall–Kier alpha value is -0.240. The highest BCUT2D eigenvalue weighted by Crippen LogP contribution is 2.21. The van der Waals surface area contributed by atoms with Gasteiger partial charge in [-0.1, -0.05) is 27.7 Å². The maximum absolute atomic E-state index is 10.3. The van der Waals surface area contributed by atoms with Crippen molar-refractivity contribution >= 4 is 0 Å². The Kier molecular flexibility index (Phi) is 13.8. The molecule has 146 valence electrons. The number of hydrogen-bond donors (Lipinski definition) is 5. The van der Waals surface area contributed by atoms with Crippen LogP contribution in [0.15, 0.2) is 0 Å².